The highest BCUT2D eigenvalue weighted by Crippen LogP contribution is 2.34. The molecule has 0 aliphatic heterocycles. The third kappa shape index (κ3) is 7.03. The van der Waals surface area contributed by atoms with E-state index in [4.69, 9.17) is 0 Å². The molecule has 7 nitrogen and oxygen atoms in total. The summed E-state index contributed by atoms with van der Waals surface area (Å²) < 4.78 is 65.7. The first-order valence-electron chi connectivity index (χ1n) is 9.26. The van der Waals surface area contributed by atoms with Gasteiger partial charge in [0.25, 0.3) is 5.91 Å². The summed E-state index contributed by atoms with van der Waals surface area (Å²) in [7, 11) is 0.138. The maximum absolute atomic E-state index is 13.3. The number of ether oxygens (including phenoxy) is 1. The van der Waals surface area contributed by atoms with Gasteiger partial charge in [-0.25, -0.2) is 13.4 Å². The van der Waals surface area contributed by atoms with Crippen LogP contribution in [0.2, 0.25) is 0 Å². The summed E-state index contributed by atoms with van der Waals surface area (Å²) in [5.74, 6) is -0.851. The average molecular weight is 524 g/mol. The van der Waals surface area contributed by atoms with Crippen molar-refractivity contribution in [3.05, 3.63) is 48.0 Å². The van der Waals surface area contributed by atoms with E-state index in [1.54, 1.807) is 0 Å². The number of hydrogen-bond donors (Lipinski definition) is 0. The lowest BCUT2D eigenvalue weighted by Crippen LogP contribution is -2.36. The molecule has 1 heterocycles. The maximum Gasteiger partial charge on any atom is 0.573 e. The molecule has 0 spiro atoms. The minimum Gasteiger partial charge on any atom is -0.406 e. The number of rotatable bonds is 7. The van der Waals surface area contributed by atoms with E-state index in [1.807, 2.05) is 19.0 Å². The lowest BCUT2D eigenvalue weighted by molar-refractivity contribution is -0.274. The molecule has 1 aromatic heterocycles. The van der Waals surface area contributed by atoms with Crippen LogP contribution >= 0.6 is 23.7 Å². The first-order valence-corrected chi connectivity index (χ1v) is 12.0. The number of anilines is 1. The number of amides is 1. The molecule has 180 valence electrons. The summed E-state index contributed by atoms with van der Waals surface area (Å²) in [6, 6.07) is 9.42. The van der Waals surface area contributed by atoms with Crippen molar-refractivity contribution in [1.29, 1.82) is 0 Å². The summed E-state index contributed by atoms with van der Waals surface area (Å²) >= 11 is 1.04. The molecule has 0 N–H and O–H groups in total. The Labute approximate surface area is 199 Å². The Kier molecular flexibility index (Phi) is 8.33. The van der Waals surface area contributed by atoms with Gasteiger partial charge in [-0.3, -0.25) is 9.69 Å². The molecule has 33 heavy (non-hydrogen) atoms. The standard InChI is InChI=1S/C20H20F3N3O4S2.ClH/c1-25(2)9-10-26(18(27)13-5-4-6-15(11-13)32(3,28)29)19-24-16-8-7-14(12-17(16)31-19)30-20(21,22)23;/h4-8,11-12H,9-10H2,1-3H3;1H. The molecule has 3 rings (SSSR count). The zero-order valence-corrected chi connectivity index (χ0v) is 20.2. The van der Waals surface area contributed by atoms with Crippen LogP contribution in [0.15, 0.2) is 47.4 Å². The van der Waals surface area contributed by atoms with Gasteiger partial charge in [-0.2, -0.15) is 0 Å². The number of benzene rings is 2. The van der Waals surface area contributed by atoms with Crippen LogP contribution in [0.1, 0.15) is 10.4 Å². The first kappa shape index (κ1) is 26.8. The molecule has 0 radical (unpaired) electrons. The van der Waals surface area contributed by atoms with Gasteiger partial charge in [-0.15, -0.1) is 25.6 Å². The van der Waals surface area contributed by atoms with E-state index in [0.29, 0.717) is 16.8 Å². The highest BCUT2D eigenvalue weighted by atomic mass is 35.5. The molecule has 2 aromatic carbocycles. The van der Waals surface area contributed by atoms with Gasteiger partial charge in [-0.05, 0) is 44.4 Å². The molecule has 1 amide bonds. The molecule has 13 heteroatoms. The molecular weight excluding hydrogens is 503 g/mol. The van der Waals surface area contributed by atoms with Gasteiger partial charge in [0.1, 0.15) is 5.75 Å². The summed E-state index contributed by atoms with van der Waals surface area (Å²) in [6.07, 6.45) is -3.77. The molecule has 3 aromatic rings. The Morgan fingerprint density at radius 2 is 1.82 bits per heavy atom. The Balaban J connectivity index is 0.00000385. The van der Waals surface area contributed by atoms with E-state index in [0.717, 1.165) is 23.7 Å². The normalized spacial score (nSPS) is 12.0. The fourth-order valence-electron chi connectivity index (χ4n) is 2.81. The predicted octanol–water partition coefficient (Wildman–Crippen LogP) is 4.23. The zero-order chi connectivity index (χ0) is 23.7. The van der Waals surface area contributed by atoms with E-state index in [2.05, 4.69) is 9.72 Å². The number of carbonyl (C=O) groups excluding carboxylic acids is 1. The van der Waals surface area contributed by atoms with Gasteiger partial charge >= 0.3 is 6.36 Å². The number of nitrogens with zero attached hydrogens (tertiary/aromatic N) is 3. The number of halogens is 4. The molecule has 0 atom stereocenters. The van der Waals surface area contributed by atoms with Crippen LogP contribution in [-0.2, 0) is 9.84 Å². The largest absolute Gasteiger partial charge is 0.573 e. The molecule has 0 saturated carbocycles. The van der Waals surface area contributed by atoms with Gasteiger partial charge in [-0.1, -0.05) is 17.4 Å². The Morgan fingerprint density at radius 3 is 2.42 bits per heavy atom. The minimum absolute atomic E-state index is 0. The lowest BCUT2D eigenvalue weighted by Gasteiger charge is -2.22. The smallest absolute Gasteiger partial charge is 0.406 e. The second kappa shape index (κ2) is 10.2. The van der Waals surface area contributed by atoms with Crippen molar-refractivity contribution in [1.82, 2.24) is 9.88 Å². The van der Waals surface area contributed by atoms with Crippen molar-refractivity contribution in [2.75, 3.05) is 38.3 Å². The van der Waals surface area contributed by atoms with E-state index >= 15 is 0 Å². The van der Waals surface area contributed by atoms with Gasteiger partial charge in [0.15, 0.2) is 15.0 Å². The van der Waals surface area contributed by atoms with Gasteiger partial charge < -0.3 is 9.64 Å². The molecular formula is C20H21ClF3N3O4S2. The van der Waals surface area contributed by atoms with E-state index in [1.165, 1.54) is 41.3 Å². The zero-order valence-electron chi connectivity index (χ0n) is 17.8. The van der Waals surface area contributed by atoms with Gasteiger partial charge in [0.05, 0.1) is 15.1 Å². The third-order valence-corrected chi connectivity index (χ3v) is 6.49. The summed E-state index contributed by atoms with van der Waals surface area (Å²) in [4.78, 5) is 20.9. The summed E-state index contributed by atoms with van der Waals surface area (Å²) in [5.41, 5.74) is 0.569. The highest BCUT2D eigenvalue weighted by Gasteiger charge is 2.31. The topological polar surface area (TPSA) is 79.8 Å². The van der Waals surface area contributed by atoms with Crippen molar-refractivity contribution < 1.29 is 31.1 Å². The van der Waals surface area contributed by atoms with E-state index < -0.39 is 22.1 Å². The van der Waals surface area contributed by atoms with Crippen LogP contribution in [0.3, 0.4) is 0 Å². The van der Waals surface area contributed by atoms with Crippen LogP contribution in [0.25, 0.3) is 10.2 Å². The van der Waals surface area contributed by atoms with Crippen LogP contribution in [0.4, 0.5) is 18.3 Å². The molecule has 0 saturated heterocycles. The van der Waals surface area contributed by atoms with Crippen LogP contribution in [0, 0.1) is 0 Å². The Hall–Kier alpha value is -2.41. The van der Waals surface area contributed by atoms with Crippen LogP contribution in [-0.4, -0.2) is 64.0 Å². The van der Waals surface area contributed by atoms with Crippen molar-refractivity contribution in [2.45, 2.75) is 11.3 Å². The second-order valence-corrected chi connectivity index (χ2v) is 10.3. The van der Waals surface area contributed by atoms with Gasteiger partial charge in [0, 0.05) is 31.0 Å². The molecule has 0 unspecified atom stereocenters. The number of carbonyl (C=O) groups is 1. The average Bonchev–Trinajstić information content (AvgIpc) is 3.08. The highest BCUT2D eigenvalue weighted by molar-refractivity contribution is 7.90. The predicted molar refractivity (Wildman–Crippen MR) is 123 cm³/mol. The number of alkyl halides is 3. The quantitative estimate of drug-likeness (QED) is 0.461. The van der Waals surface area contributed by atoms with E-state index in [9.17, 15) is 26.4 Å². The number of hydrogen-bond acceptors (Lipinski definition) is 7. The number of sulfone groups is 1. The number of likely N-dealkylation sites (N-methyl/N-ethyl adjacent to an activating group) is 1. The SMILES string of the molecule is CN(C)CCN(C(=O)c1cccc(S(C)(=O)=O)c1)c1nc2ccc(OC(F)(F)F)cc2s1.Cl. The number of fused-ring (bicyclic) bond motifs is 1. The Morgan fingerprint density at radius 1 is 1.12 bits per heavy atom. The van der Waals surface area contributed by atoms with E-state index in [-0.39, 0.29) is 40.3 Å². The molecule has 0 bridgehead atoms. The molecule has 0 fully saturated rings. The van der Waals surface area contributed by atoms with Crippen LogP contribution in [0.5, 0.6) is 5.75 Å². The van der Waals surface area contributed by atoms with Crippen molar-refractivity contribution >= 4 is 54.8 Å². The minimum atomic E-state index is -4.82. The number of thiazole rings is 1. The molecule has 0 aliphatic carbocycles. The fraction of sp³-hybridized carbons (Fsp3) is 0.300. The van der Waals surface area contributed by atoms with Crippen molar-refractivity contribution in [2.24, 2.45) is 0 Å². The lowest BCUT2D eigenvalue weighted by atomic mass is 10.2. The molecule has 0 aliphatic rings. The third-order valence-electron chi connectivity index (χ3n) is 4.34. The van der Waals surface area contributed by atoms with Crippen molar-refractivity contribution in [3.8, 4) is 5.75 Å². The van der Waals surface area contributed by atoms with Crippen LogP contribution < -0.4 is 9.64 Å². The Bertz CT molecular complexity index is 1250. The monoisotopic (exact) mass is 523 g/mol. The van der Waals surface area contributed by atoms with Crippen molar-refractivity contribution in [3.63, 3.8) is 0 Å². The maximum atomic E-state index is 13.3. The van der Waals surface area contributed by atoms with Gasteiger partial charge in [0.2, 0.25) is 0 Å². The summed E-state index contributed by atoms with van der Waals surface area (Å²) in [6.45, 7) is 0.719. The number of aromatic nitrogens is 1. The fourth-order valence-corrected chi connectivity index (χ4v) is 4.49. The summed E-state index contributed by atoms with van der Waals surface area (Å²) in [5, 5.41) is 0.278. The second-order valence-electron chi connectivity index (χ2n) is 7.23. The first-order chi connectivity index (χ1) is 14.8.